The molecule has 17 heavy (non-hydrogen) atoms. The van der Waals surface area contributed by atoms with Gasteiger partial charge in [-0.2, -0.15) is 0 Å². The monoisotopic (exact) mass is 296 g/mol. The van der Waals surface area contributed by atoms with Gasteiger partial charge in [0.05, 0.1) is 0 Å². The summed E-state index contributed by atoms with van der Waals surface area (Å²) in [5.74, 6) is 0. The van der Waals surface area contributed by atoms with Gasteiger partial charge in [-0.3, -0.25) is 0 Å². The number of likely N-dealkylation sites (N-methyl/N-ethyl adjacent to an activating group) is 1. The van der Waals surface area contributed by atoms with Crippen LogP contribution in [-0.4, -0.2) is 46.1 Å². The second-order valence-electron chi connectivity index (χ2n) is 5.24. The Hall–Kier alpha value is -0.561. The van der Waals surface area contributed by atoms with Gasteiger partial charge in [0.2, 0.25) is 0 Å². The molecular weight excluding hydrogens is 273 g/mol. The van der Waals surface area contributed by atoms with Gasteiger partial charge in [0, 0.05) is 0 Å². The van der Waals surface area contributed by atoms with Gasteiger partial charge in [-0.15, -0.1) is 0 Å². The van der Waals surface area contributed by atoms with Crippen LogP contribution in [0.15, 0.2) is 42.5 Å². The summed E-state index contributed by atoms with van der Waals surface area (Å²) in [4.78, 5) is 0. The van der Waals surface area contributed by atoms with Crippen molar-refractivity contribution in [3.8, 4) is 0 Å². The van der Waals surface area contributed by atoms with Gasteiger partial charge in [0.15, 0.2) is 0 Å². The summed E-state index contributed by atoms with van der Waals surface area (Å²) in [5.41, 5.74) is 1.45. The number of hydrogen-bond donors (Lipinski definition) is 0. The van der Waals surface area contributed by atoms with Gasteiger partial charge in [-0.1, -0.05) is 0 Å². The van der Waals surface area contributed by atoms with Crippen LogP contribution in [-0.2, 0) is 0 Å². The van der Waals surface area contributed by atoms with Gasteiger partial charge in [-0.05, 0) is 0 Å². The van der Waals surface area contributed by atoms with E-state index in [-0.39, 0.29) is 0 Å². The van der Waals surface area contributed by atoms with Gasteiger partial charge in [0.1, 0.15) is 0 Å². The Morgan fingerprint density at radius 3 is 2.76 bits per heavy atom. The first kappa shape index (κ1) is 12.9. The molecule has 1 unspecified atom stereocenters. The van der Waals surface area contributed by atoms with Crippen molar-refractivity contribution in [1.82, 2.24) is 0 Å². The van der Waals surface area contributed by atoms with E-state index in [0.717, 1.165) is 0 Å². The zero-order valence-electron chi connectivity index (χ0n) is 10.7. The Balaban J connectivity index is 1.80. The van der Waals surface area contributed by atoms with Crippen LogP contribution in [0.4, 0.5) is 0 Å². The molecule has 1 aromatic carbocycles. The number of hydrogen-bond acceptors (Lipinski definition) is 0. The van der Waals surface area contributed by atoms with E-state index in [1.807, 2.05) is 0 Å². The molecular formula is C15H22NSe+. The topological polar surface area (TPSA) is 0 Å². The molecule has 0 aromatic heterocycles. The second kappa shape index (κ2) is 5.86. The molecule has 92 valence electrons. The minimum absolute atomic E-state index is 0.640. The van der Waals surface area contributed by atoms with Gasteiger partial charge >= 0.3 is 111 Å². The van der Waals surface area contributed by atoms with E-state index < -0.39 is 0 Å². The third-order valence-corrected chi connectivity index (χ3v) is 5.56. The fourth-order valence-corrected chi connectivity index (χ4v) is 4.84. The third-order valence-electron chi connectivity index (χ3n) is 3.48. The fraction of sp³-hybridized carbons (Fsp3) is 0.467. The Morgan fingerprint density at radius 2 is 2.06 bits per heavy atom. The number of quaternary nitrogens is 1. The number of benzene rings is 1. The molecule has 0 aliphatic carbocycles. The van der Waals surface area contributed by atoms with Crippen LogP contribution < -0.4 is 4.46 Å². The summed E-state index contributed by atoms with van der Waals surface area (Å²) >= 11 is 0.640. The molecule has 1 heterocycles. The molecule has 2 heteroatoms. The van der Waals surface area contributed by atoms with Crippen molar-refractivity contribution in [2.75, 3.05) is 26.7 Å². The van der Waals surface area contributed by atoms with E-state index in [2.05, 4.69) is 44.0 Å². The first-order chi connectivity index (χ1) is 8.18. The summed E-state index contributed by atoms with van der Waals surface area (Å²) in [7, 11) is 2.39. The maximum atomic E-state index is 4.17. The van der Waals surface area contributed by atoms with Crippen LogP contribution in [0.5, 0.6) is 0 Å². The van der Waals surface area contributed by atoms with Gasteiger partial charge in [0.25, 0.3) is 0 Å². The van der Waals surface area contributed by atoms with E-state index in [1.165, 1.54) is 52.3 Å². The molecule has 1 nitrogen and oxygen atoms in total. The average molecular weight is 295 g/mol. The van der Waals surface area contributed by atoms with Crippen LogP contribution >= 0.6 is 0 Å². The summed E-state index contributed by atoms with van der Waals surface area (Å²) < 4.78 is 2.75. The summed E-state index contributed by atoms with van der Waals surface area (Å²) in [5, 5.41) is 1.35. The van der Waals surface area contributed by atoms with Crippen LogP contribution in [0, 0.1) is 0 Å². The molecule has 1 aliphatic rings. The Bertz CT molecular complexity index is 374. The van der Waals surface area contributed by atoms with Crippen molar-refractivity contribution in [3.05, 3.63) is 42.5 Å². The standard InChI is InChI=1S/C15H22NSe/c1-14-7-6-10-16(2,13-14)11-12-17-15-8-4-3-5-9-15/h3-5,8-9H,1,6-7,10-13H2,2H3/q+1. The number of nitrogens with zero attached hydrogens (tertiary/aromatic N) is 1. The van der Waals surface area contributed by atoms with Crippen molar-refractivity contribution in [1.29, 1.82) is 0 Å². The van der Waals surface area contributed by atoms with Crippen LogP contribution in [0.3, 0.4) is 0 Å². The van der Waals surface area contributed by atoms with E-state index in [4.69, 9.17) is 0 Å². The first-order valence-electron chi connectivity index (χ1n) is 6.36. The first-order valence-corrected chi connectivity index (χ1v) is 8.43. The molecule has 1 atom stereocenters. The van der Waals surface area contributed by atoms with Crippen molar-refractivity contribution < 1.29 is 4.48 Å². The number of rotatable bonds is 4. The maximum absolute atomic E-state index is 4.17. The fourth-order valence-electron chi connectivity index (χ4n) is 2.50. The van der Waals surface area contributed by atoms with E-state index >= 15 is 0 Å². The minimum atomic E-state index is 0.640. The van der Waals surface area contributed by atoms with Crippen molar-refractivity contribution in [3.63, 3.8) is 0 Å². The summed E-state index contributed by atoms with van der Waals surface area (Å²) in [6.07, 6.45) is 2.57. The zero-order chi connectivity index (χ0) is 12.1. The predicted molar refractivity (Wildman–Crippen MR) is 75.8 cm³/mol. The van der Waals surface area contributed by atoms with E-state index in [0.29, 0.717) is 15.0 Å². The Kier molecular flexibility index (Phi) is 4.44. The molecule has 1 aliphatic heterocycles. The van der Waals surface area contributed by atoms with Crippen LogP contribution in [0.2, 0.25) is 5.32 Å². The van der Waals surface area contributed by atoms with Gasteiger partial charge < -0.3 is 0 Å². The third kappa shape index (κ3) is 3.99. The SMILES string of the molecule is C=C1CCC[N+](C)(CC[Se]c2ccccc2)C1. The molecule has 0 amide bonds. The molecule has 1 fully saturated rings. The number of piperidine rings is 1. The molecule has 1 saturated heterocycles. The van der Waals surface area contributed by atoms with Crippen molar-refractivity contribution >= 4 is 19.4 Å². The van der Waals surface area contributed by atoms with Crippen LogP contribution in [0.25, 0.3) is 0 Å². The molecule has 0 radical (unpaired) electrons. The molecule has 0 saturated carbocycles. The van der Waals surface area contributed by atoms with Crippen molar-refractivity contribution in [2.24, 2.45) is 0 Å². The van der Waals surface area contributed by atoms with Gasteiger partial charge in [-0.25, -0.2) is 0 Å². The normalized spacial score (nSPS) is 24.9. The van der Waals surface area contributed by atoms with Crippen molar-refractivity contribution in [2.45, 2.75) is 18.2 Å². The molecule has 0 spiro atoms. The molecule has 0 N–H and O–H groups in total. The number of likely N-dealkylation sites (tertiary alicyclic amines) is 1. The van der Waals surface area contributed by atoms with Crippen LogP contribution in [0.1, 0.15) is 12.8 Å². The molecule has 0 bridgehead atoms. The molecule has 2 rings (SSSR count). The average Bonchev–Trinajstić information content (AvgIpc) is 2.30. The zero-order valence-corrected chi connectivity index (χ0v) is 12.4. The molecule has 1 aromatic rings. The quantitative estimate of drug-likeness (QED) is 0.454. The summed E-state index contributed by atoms with van der Waals surface area (Å²) in [6, 6.07) is 10.9. The summed E-state index contributed by atoms with van der Waals surface area (Å²) in [6.45, 7) is 8.02. The second-order valence-corrected chi connectivity index (χ2v) is 7.69. The van der Waals surface area contributed by atoms with E-state index in [1.54, 1.807) is 0 Å². The Morgan fingerprint density at radius 1 is 1.29 bits per heavy atom. The Labute approximate surface area is 111 Å². The van der Waals surface area contributed by atoms with E-state index in [9.17, 15) is 0 Å². The predicted octanol–water partition coefficient (Wildman–Crippen LogP) is 2.23.